The number of fused-ring (bicyclic) bond motifs is 1. The van der Waals surface area contributed by atoms with Crippen molar-refractivity contribution in [3.05, 3.63) is 34.4 Å². The highest BCUT2D eigenvalue weighted by atomic mass is 16.5. The van der Waals surface area contributed by atoms with E-state index < -0.39 is 0 Å². The second-order valence-corrected chi connectivity index (χ2v) is 4.47. The Morgan fingerprint density at radius 3 is 2.88 bits per heavy atom. The summed E-state index contributed by atoms with van der Waals surface area (Å²) in [5.41, 5.74) is 1.51. The SMILES string of the molecule is COc1ccc2nc(=O)[nH]c(C3CCC3)c2c1. The van der Waals surface area contributed by atoms with Gasteiger partial charge in [-0.3, -0.25) is 0 Å². The number of benzene rings is 1. The molecule has 1 aliphatic carbocycles. The fraction of sp³-hybridized carbons (Fsp3) is 0.385. The first kappa shape index (κ1) is 10.3. The topological polar surface area (TPSA) is 55.0 Å². The molecule has 17 heavy (non-hydrogen) atoms. The van der Waals surface area contributed by atoms with Crippen molar-refractivity contribution < 1.29 is 4.74 Å². The first-order valence-corrected chi connectivity index (χ1v) is 5.86. The molecule has 0 atom stereocenters. The highest BCUT2D eigenvalue weighted by molar-refractivity contribution is 5.82. The summed E-state index contributed by atoms with van der Waals surface area (Å²) in [4.78, 5) is 18.4. The molecule has 0 bridgehead atoms. The third-order valence-corrected chi connectivity index (χ3v) is 3.47. The van der Waals surface area contributed by atoms with E-state index in [1.165, 1.54) is 6.42 Å². The van der Waals surface area contributed by atoms with Gasteiger partial charge in [0.2, 0.25) is 0 Å². The highest BCUT2D eigenvalue weighted by Crippen LogP contribution is 2.38. The van der Waals surface area contributed by atoms with Gasteiger partial charge in [-0.05, 0) is 37.0 Å². The van der Waals surface area contributed by atoms with E-state index in [9.17, 15) is 4.79 Å². The molecule has 0 amide bonds. The van der Waals surface area contributed by atoms with E-state index in [1.807, 2.05) is 18.2 Å². The summed E-state index contributed by atoms with van der Waals surface area (Å²) in [5, 5.41) is 1.01. The number of nitrogens with one attached hydrogen (secondary N) is 1. The van der Waals surface area contributed by atoms with Crippen LogP contribution in [0.5, 0.6) is 5.75 Å². The average molecular weight is 230 g/mol. The second kappa shape index (κ2) is 3.87. The van der Waals surface area contributed by atoms with Crippen molar-refractivity contribution in [2.24, 2.45) is 0 Å². The molecule has 2 aromatic rings. The highest BCUT2D eigenvalue weighted by Gasteiger charge is 2.23. The first-order valence-electron chi connectivity index (χ1n) is 5.86. The number of hydrogen-bond acceptors (Lipinski definition) is 3. The van der Waals surface area contributed by atoms with Crippen LogP contribution >= 0.6 is 0 Å². The molecule has 88 valence electrons. The predicted octanol–water partition coefficient (Wildman–Crippen LogP) is 2.20. The lowest BCUT2D eigenvalue weighted by atomic mass is 9.81. The molecule has 0 unspecified atom stereocenters. The van der Waals surface area contributed by atoms with Crippen LogP contribution in [-0.2, 0) is 0 Å². The largest absolute Gasteiger partial charge is 0.497 e. The molecule has 1 aromatic heterocycles. The summed E-state index contributed by atoms with van der Waals surface area (Å²) in [7, 11) is 1.64. The van der Waals surface area contributed by atoms with E-state index in [0.717, 1.165) is 35.2 Å². The van der Waals surface area contributed by atoms with Crippen LogP contribution in [0.2, 0.25) is 0 Å². The maximum atomic E-state index is 11.5. The molecule has 4 heteroatoms. The molecule has 0 spiro atoms. The number of aromatic nitrogens is 2. The van der Waals surface area contributed by atoms with Crippen molar-refractivity contribution in [3.63, 3.8) is 0 Å². The molecule has 4 nitrogen and oxygen atoms in total. The summed E-state index contributed by atoms with van der Waals surface area (Å²) in [6.07, 6.45) is 3.53. The average Bonchev–Trinajstić information content (AvgIpc) is 2.26. The van der Waals surface area contributed by atoms with Crippen LogP contribution in [0.25, 0.3) is 10.9 Å². The number of ether oxygens (including phenoxy) is 1. The van der Waals surface area contributed by atoms with Gasteiger partial charge in [0.05, 0.1) is 12.6 Å². The fourth-order valence-electron chi connectivity index (χ4n) is 2.29. The lowest BCUT2D eigenvalue weighted by Gasteiger charge is -2.26. The Hall–Kier alpha value is -1.84. The normalized spacial score (nSPS) is 15.8. The Balaban J connectivity index is 2.26. The molecule has 0 aliphatic heterocycles. The van der Waals surface area contributed by atoms with Gasteiger partial charge < -0.3 is 9.72 Å². The molecule has 1 aromatic carbocycles. The quantitative estimate of drug-likeness (QED) is 0.860. The Morgan fingerprint density at radius 2 is 2.24 bits per heavy atom. The van der Waals surface area contributed by atoms with Crippen LogP contribution in [0.3, 0.4) is 0 Å². The maximum absolute atomic E-state index is 11.5. The van der Waals surface area contributed by atoms with E-state index in [-0.39, 0.29) is 5.69 Å². The van der Waals surface area contributed by atoms with Crippen molar-refractivity contribution in [1.29, 1.82) is 0 Å². The molecule has 1 N–H and O–H groups in total. The maximum Gasteiger partial charge on any atom is 0.345 e. The zero-order valence-corrected chi connectivity index (χ0v) is 9.69. The Labute approximate surface area is 98.6 Å². The van der Waals surface area contributed by atoms with Crippen LogP contribution < -0.4 is 10.4 Å². The monoisotopic (exact) mass is 230 g/mol. The molecule has 1 fully saturated rings. The minimum atomic E-state index is -0.260. The van der Waals surface area contributed by atoms with Crippen LogP contribution in [0.4, 0.5) is 0 Å². The molecule has 1 aliphatic rings. The Morgan fingerprint density at radius 1 is 1.41 bits per heavy atom. The summed E-state index contributed by atoms with van der Waals surface area (Å²) in [5.74, 6) is 1.27. The van der Waals surface area contributed by atoms with Gasteiger partial charge in [-0.2, -0.15) is 4.98 Å². The summed E-state index contributed by atoms with van der Waals surface area (Å²) < 4.78 is 5.22. The summed E-state index contributed by atoms with van der Waals surface area (Å²) >= 11 is 0. The molecular weight excluding hydrogens is 216 g/mol. The zero-order chi connectivity index (χ0) is 11.8. The lowest BCUT2D eigenvalue weighted by molar-refractivity contribution is 0.410. The number of aromatic amines is 1. The van der Waals surface area contributed by atoms with Crippen molar-refractivity contribution >= 4 is 10.9 Å². The van der Waals surface area contributed by atoms with Gasteiger partial charge in [0, 0.05) is 11.1 Å². The molecular formula is C13H14N2O2. The van der Waals surface area contributed by atoms with Crippen LogP contribution in [0.1, 0.15) is 30.9 Å². The third-order valence-electron chi connectivity index (χ3n) is 3.47. The molecule has 1 saturated carbocycles. The van der Waals surface area contributed by atoms with Crippen molar-refractivity contribution in [3.8, 4) is 5.75 Å². The smallest absolute Gasteiger partial charge is 0.345 e. The lowest BCUT2D eigenvalue weighted by Crippen LogP contribution is -2.19. The fourth-order valence-corrected chi connectivity index (χ4v) is 2.29. The van der Waals surface area contributed by atoms with Crippen LogP contribution in [-0.4, -0.2) is 17.1 Å². The van der Waals surface area contributed by atoms with E-state index in [4.69, 9.17) is 4.74 Å². The van der Waals surface area contributed by atoms with Crippen molar-refractivity contribution in [1.82, 2.24) is 9.97 Å². The van der Waals surface area contributed by atoms with Crippen molar-refractivity contribution in [2.45, 2.75) is 25.2 Å². The van der Waals surface area contributed by atoms with Crippen LogP contribution in [0.15, 0.2) is 23.0 Å². The number of hydrogen-bond donors (Lipinski definition) is 1. The number of H-pyrrole nitrogens is 1. The minimum Gasteiger partial charge on any atom is -0.497 e. The van der Waals surface area contributed by atoms with Gasteiger partial charge in [0.1, 0.15) is 5.75 Å². The number of rotatable bonds is 2. The van der Waals surface area contributed by atoms with Gasteiger partial charge in [0.15, 0.2) is 0 Å². The molecule has 3 rings (SSSR count). The second-order valence-electron chi connectivity index (χ2n) is 4.47. The van der Waals surface area contributed by atoms with E-state index in [2.05, 4.69) is 9.97 Å². The van der Waals surface area contributed by atoms with Gasteiger partial charge in [0.25, 0.3) is 0 Å². The third kappa shape index (κ3) is 1.69. The zero-order valence-electron chi connectivity index (χ0n) is 9.69. The standard InChI is InChI=1S/C13H14N2O2/c1-17-9-5-6-11-10(7-9)12(8-3-2-4-8)15-13(16)14-11/h5-8H,2-4H2,1H3,(H,14,15,16). The Kier molecular flexibility index (Phi) is 2.35. The first-order chi connectivity index (χ1) is 8.28. The van der Waals surface area contributed by atoms with E-state index in [0.29, 0.717) is 5.92 Å². The Bertz CT molecular complexity index is 614. The molecule has 1 heterocycles. The summed E-state index contributed by atoms with van der Waals surface area (Å²) in [6, 6.07) is 5.62. The molecule has 0 radical (unpaired) electrons. The van der Waals surface area contributed by atoms with E-state index >= 15 is 0 Å². The number of nitrogens with zero attached hydrogens (tertiary/aromatic N) is 1. The minimum absolute atomic E-state index is 0.260. The van der Waals surface area contributed by atoms with Crippen molar-refractivity contribution in [2.75, 3.05) is 7.11 Å². The molecule has 0 saturated heterocycles. The number of methoxy groups -OCH3 is 1. The predicted molar refractivity (Wildman–Crippen MR) is 65.5 cm³/mol. The van der Waals surface area contributed by atoms with Crippen LogP contribution in [0, 0.1) is 0 Å². The van der Waals surface area contributed by atoms with Gasteiger partial charge in [-0.25, -0.2) is 4.79 Å². The van der Waals surface area contributed by atoms with Gasteiger partial charge in [-0.1, -0.05) is 6.42 Å². The van der Waals surface area contributed by atoms with E-state index in [1.54, 1.807) is 7.11 Å². The van der Waals surface area contributed by atoms with Gasteiger partial charge >= 0.3 is 5.69 Å². The van der Waals surface area contributed by atoms with Gasteiger partial charge in [-0.15, -0.1) is 0 Å². The summed E-state index contributed by atoms with van der Waals surface area (Å²) in [6.45, 7) is 0.